The van der Waals surface area contributed by atoms with E-state index in [4.69, 9.17) is 11.6 Å². The Hall–Kier alpha value is -2.17. The number of Topliss-reactive ketones (excluding diaryl/α,β-unsaturated/α-hetero) is 1. The lowest BCUT2D eigenvalue weighted by atomic mass is 9.88. The van der Waals surface area contributed by atoms with E-state index in [1.165, 1.54) is 0 Å². The Morgan fingerprint density at radius 1 is 1.04 bits per heavy atom. The van der Waals surface area contributed by atoms with Crippen molar-refractivity contribution in [1.82, 2.24) is 0 Å². The molecule has 3 aromatic carbocycles. The summed E-state index contributed by atoms with van der Waals surface area (Å²) in [6, 6.07) is 14.6. The molecule has 0 aliphatic carbocycles. The van der Waals surface area contributed by atoms with Gasteiger partial charge in [-0.2, -0.15) is 0 Å². The summed E-state index contributed by atoms with van der Waals surface area (Å²) >= 11 is 9.40. The molecule has 0 saturated carbocycles. The van der Waals surface area contributed by atoms with E-state index >= 15 is 0 Å². The average molecular weight is 404 g/mol. The first kappa shape index (κ1) is 16.7. The van der Waals surface area contributed by atoms with E-state index < -0.39 is 11.8 Å². The first-order chi connectivity index (χ1) is 11.4. The number of rotatable bonds is 3. The lowest BCUT2D eigenvalue weighted by Crippen LogP contribution is -2.15. The molecule has 0 spiro atoms. The molecule has 0 unspecified atom stereocenters. The van der Waals surface area contributed by atoms with Gasteiger partial charge in [-0.1, -0.05) is 51.8 Å². The van der Waals surface area contributed by atoms with Crippen LogP contribution in [0.2, 0.25) is 5.02 Å². The topological polar surface area (TPSA) is 54.4 Å². The van der Waals surface area contributed by atoms with Crippen LogP contribution in [0.15, 0.2) is 53.0 Å². The minimum atomic E-state index is -1.47. The van der Waals surface area contributed by atoms with Gasteiger partial charge in [-0.3, -0.25) is 4.79 Å². The second kappa shape index (κ2) is 6.38. The SMILES string of the molecule is Cc1cc2ccc(Br)cc2c(-c2ccc(Cl)cc2)c1C(=O)C(=O)O. The molecule has 0 heterocycles. The van der Waals surface area contributed by atoms with E-state index in [1.54, 1.807) is 31.2 Å². The van der Waals surface area contributed by atoms with E-state index in [0.29, 0.717) is 16.1 Å². The summed E-state index contributed by atoms with van der Waals surface area (Å²) in [6.45, 7) is 1.75. The van der Waals surface area contributed by atoms with Crippen LogP contribution in [0.3, 0.4) is 0 Å². The predicted molar refractivity (Wildman–Crippen MR) is 98.8 cm³/mol. The third-order valence-electron chi connectivity index (χ3n) is 3.86. The first-order valence-corrected chi connectivity index (χ1v) is 8.32. The van der Waals surface area contributed by atoms with Crippen LogP contribution in [0.25, 0.3) is 21.9 Å². The number of carbonyl (C=O) groups is 2. The Balaban J connectivity index is 2.46. The van der Waals surface area contributed by atoms with Gasteiger partial charge < -0.3 is 5.11 Å². The highest BCUT2D eigenvalue weighted by molar-refractivity contribution is 9.10. The van der Waals surface area contributed by atoms with Crippen molar-refractivity contribution in [3.63, 3.8) is 0 Å². The molecular weight excluding hydrogens is 392 g/mol. The molecule has 1 N–H and O–H groups in total. The quantitative estimate of drug-likeness (QED) is 0.464. The van der Waals surface area contributed by atoms with E-state index in [0.717, 1.165) is 20.8 Å². The molecule has 3 rings (SSSR count). The van der Waals surface area contributed by atoms with Crippen molar-refractivity contribution >= 4 is 50.1 Å². The van der Waals surface area contributed by atoms with Gasteiger partial charge in [0.15, 0.2) is 0 Å². The highest BCUT2D eigenvalue weighted by Gasteiger charge is 2.24. The molecule has 0 saturated heterocycles. The number of halogens is 2. The van der Waals surface area contributed by atoms with Gasteiger partial charge in [0.05, 0.1) is 0 Å². The average Bonchev–Trinajstić information content (AvgIpc) is 2.54. The lowest BCUT2D eigenvalue weighted by Gasteiger charge is -2.15. The Bertz CT molecular complexity index is 978. The van der Waals surface area contributed by atoms with E-state index in [-0.39, 0.29) is 5.56 Å². The van der Waals surface area contributed by atoms with Gasteiger partial charge in [0, 0.05) is 20.6 Å². The van der Waals surface area contributed by atoms with Gasteiger partial charge in [-0.15, -0.1) is 0 Å². The summed E-state index contributed by atoms with van der Waals surface area (Å²) in [5, 5.41) is 11.5. The normalized spacial score (nSPS) is 10.8. The zero-order valence-corrected chi connectivity index (χ0v) is 15.0. The maximum atomic E-state index is 12.3. The maximum Gasteiger partial charge on any atom is 0.377 e. The summed E-state index contributed by atoms with van der Waals surface area (Å²) in [7, 11) is 0. The van der Waals surface area contributed by atoms with Crippen molar-refractivity contribution in [3.05, 3.63) is 69.2 Å². The minimum Gasteiger partial charge on any atom is -0.475 e. The number of carboxylic acids is 1. The monoisotopic (exact) mass is 402 g/mol. The van der Waals surface area contributed by atoms with Crippen molar-refractivity contribution in [1.29, 1.82) is 0 Å². The maximum absolute atomic E-state index is 12.3. The molecule has 24 heavy (non-hydrogen) atoms. The van der Waals surface area contributed by atoms with Crippen LogP contribution >= 0.6 is 27.5 Å². The molecule has 120 valence electrons. The molecule has 5 heteroatoms. The highest BCUT2D eigenvalue weighted by atomic mass is 79.9. The van der Waals surface area contributed by atoms with Crippen LogP contribution in [0.5, 0.6) is 0 Å². The molecule has 0 bridgehead atoms. The van der Waals surface area contributed by atoms with Crippen LogP contribution in [0.1, 0.15) is 15.9 Å². The second-order valence-electron chi connectivity index (χ2n) is 5.45. The Kier molecular flexibility index (Phi) is 4.43. The van der Waals surface area contributed by atoms with Crippen LogP contribution < -0.4 is 0 Å². The van der Waals surface area contributed by atoms with Crippen molar-refractivity contribution < 1.29 is 14.7 Å². The number of aryl methyl sites for hydroxylation is 1. The fourth-order valence-electron chi connectivity index (χ4n) is 2.82. The Morgan fingerprint density at radius 3 is 2.33 bits per heavy atom. The second-order valence-corrected chi connectivity index (χ2v) is 6.80. The molecule has 3 aromatic rings. The minimum absolute atomic E-state index is 0.204. The number of carbonyl (C=O) groups excluding carboxylic acids is 1. The zero-order chi connectivity index (χ0) is 17.4. The molecule has 0 radical (unpaired) electrons. The number of carboxylic acid groups (broad SMARTS) is 1. The number of hydrogen-bond acceptors (Lipinski definition) is 2. The van der Waals surface area contributed by atoms with Crippen LogP contribution in [-0.2, 0) is 4.79 Å². The van der Waals surface area contributed by atoms with Gasteiger partial charge in [-0.05, 0) is 53.1 Å². The van der Waals surface area contributed by atoms with E-state index in [1.807, 2.05) is 24.3 Å². The fraction of sp³-hybridized carbons (Fsp3) is 0.0526. The number of benzene rings is 3. The van der Waals surface area contributed by atoms with Crippen molar-refractivity contribution in [2.75, 3.05) is 0 Å². The fourth-order valence-corrected chi connectivity index (χ4v) is 3.31. The Morgan fingerprint density at radius 2 is 1.71 bits per heavy atom. The van der Waals surface area contributed by atoms with Crippen LogP contribution in [0, 0.1) is 6.92 Å². The van der Waals surface area contributed by atoms with Gasteiger partial charge in [0.1, 0.15) is 0 Å². The summed E-state index contributed by atoms with van der Waals surface area (Å²) in [6.07, 6.45) is 0. The van der Waals surface area contributed by atoms with Crippen molar-refractivity contribution in [2.24, 2.45) is 0 Å². The van der Waals surface area contributed by atoms with Crippen molar-refractivity contribution in [2.45, 2.75) is 6.92 Å². The van der Waals surface area contributed by atoms with Gasteiger partial charge in [0.2, 0.25) is 0 Å². The number of aliphatic carboxylic acids is 1. The molecule has 0 atom stereocenters. The Labute approximate surface area is 152 Å². The van der Waals surface area contributed by atoms with E-state index in [2.05, 4.69) is 15.9 Å². The first-order valence-electron chi connectivity index (χ1n) is 7.15. The van der Waals surface area contributed by atoms with Gasteiger partial charge in [-0.25, -0.2) is 4.79 Å². The van der Waals surface area contributed by atoms with Crippen molar-refractivity contribution in [3.8, 4) is 11.1 Å². The number of fused-ring (bicyclic) bond motifs is 1. The van der Waals surface area contributed by atoms with Gasteiger partial charge >= 0.3 is 5.97 Å². The largest absolute Gasteiger partial charge is 0.475 e. The molecular formula is C19H12BrClO3. The number of hydrogen-bond donors (Lipinski definition) is 1. The summed E-state index contributed by atoms with van der Waals surface area (Å²) in [4.78, 5) is 23.6. The zero-order valence-electron chi connectivity index (χ0n) is 12.6. The summed E-state index contributed by atoms with van der Waals surface area (Å²) < 4.78 is 0.850. The highest BCUT2D eigenvalue weighted by Crippen LogP contribution is 2.36. The standard InChI is InChI=1S/C19H12BrClO3/c1-10-8-12-2-5-13(20)9-15(12)17(16(10)18(22)19(23)24)11-3-6-14(21)7-4-11/h2-9H,1H3,(H,23,24). The molecule has 0 aromatic heterocycles. The lowest BCUT2D eigenvalue weighted by molar-refractivity contribution is -0.131. The third-order valence-corrected chi connectivity index (χ3v) is 4.60. The van der Waals surface area contributed by atoms with Crippen LogP contribution in [-0.4, -0.2) is 16.9 Å². The summed E-state index contributed by atoms with van der Waals surface area (Å²) in [5.41, 5.74) is 2.18. The van der Waals surface area contributed by atoms with E-state index in [9.17, 15) is 14.7 Å². The van der Waals surface area contributed by atoms with Crippen LogP contribution in [0.4, 0.5) is 0 Å². The molecule has 0 aliphatic rings. The molecule has 0 aliphatic heterocycles. The summed E-state index contributed by atoms with van der Waals surface area (Å²) in [5.74, 6) is -2.39. The molecule has 3 nitrogen and oxygen atoms in total. The van der Waals surface area contributed by atoms with Gasteiger partial charge in [0.25, 0.3) is 5.78 Å². The third kappa shape index (κ3) is 2.95. The molecule has 0 amide bonds. The molecule has 0 fully saturated rings. The smallest absolute Gasteiger partial charge is 0.377 e. The number of ketones is 1. The predicted octanol–water partition coefficient (Wildman–Crippen LogP) is 5.50.